The normalized spacial score (nSPS) is 24.4. The number of aromatic nitrogens is 2. The van der Waals surface area contributed by atoms with Crippen LogP contribution >= 0.6 is 11.3 Å². The zero-order valence-electron chi connectivity index (χ0n) is 17.7. The number of nitrogens with zero attached hydrogens (tertiary/aromatic N) is 2. The average molecular weight is 446 g/mol. The van der Waals surface area contributed by atoms with E-state index in [2.05, 4.69) is 22.4 Å². The van der Waals surface area contributed by atoms with Gasteiger partial charge in [-0.25, -0.2) is 4.79 Å². The van der Waals surface area contributed by atoms with E-state index >= 15 is 0 Å². The minimum Gasteiger partial charge on any atom is -0.478 e. The number of thiophene rings is 1. The summed E-state index contributed by atoms with van der Waals surface area (Å²) in [6.45, 7) is 2.11. The summed E-state index contributed by atoms with van der Waals surface area (Å²) in [7, 11) is 1.74. The first-order chi connectivity index (χ1) is 14.9. The molecule has 0 aromatic carbocycles. The van der Waals surface area contributed by atoms with Gasteiger partial charge in [-0.15, -0.1) is 11.3 Å². The molecule has 0 aliphatic heterocycles. The lowest BCUT2D eigenvalue weighted by Gasteiger charge is -2.32. The summed E-state index contributed by atoms with van der Waals surface area (Å²) < 4.78 is 11.4. The molecule has 2 aromatic heterocycles. The maximum absolute atomic E-state index is 11.6. The highest BCUT2D eigenvalue weighted by Gasteiger charge is 2.37. The summed E-state index contributed by atoms with van der Waals surface area (Å²) in [5.41, 5.74) is 2.62. The van der Waals surface area contributed by atoms with Gasteiger partial charge in [-0.1, -0.05) is 5.16 Å². The Labute approximate surface area is 184 Å². The summed E-state index contributed by atoms with van der Waals surface area (Å²) in [5.74, 6) is 0.632. The predicted molar refractivity (Wildman–Crippen MR) is 115 cm³/mol. The van der Waals surface area contributed by atoms with Crippen molar-refractivity contribution in [3.8, 4) is 11.5 Å². The molecule has 31 heavy (non-hydrogen) atoms. The van der Waals surface area contributed by atoms with Gasteiger partial charge < -0.3 is 24.8 Å². The zero-order chi connectivity index (χ0) is 21.8. The van der Waals surface area contributed by atoms with E-state index in [0.717, 1.165) is 60.5 Å². The molecule has 3 N–H and O–H groups in total. The molecule has 2 unspecified atom stereocenters. The number of carboxylic acid groups (broad SMARTS) is 1. The van der Waals surface area contributed by atoms with Crippen LogP contribution in [0.25, 0.3) is 11.5 Å². The summed E-state index contributed by atoms with van der Waals surface area (Å²) in [4.78, 5) is 17.4. The van der Waals surface area contributed by atoms with Gasteiger partial charge in [0.05, 0.1) is 11.2 Å². The molecule has 9 heteroatoms. The molecular formula is C22H27N3O5S. The molecule has 3 aliphatic carbocycles. The summed E-state index contributed by atoms with van der Waals surface area (Å²) in [5, 5.41) is 28.5. The molecule has 1 fully saturated rings. The van der Waals surface area contributed by atoms with Crippen LogP contribution in [0.2, 0.25) is 0 Å². The average Bonchev–Trinajstić information content (AvgIpc) is 3.16. The number of aliphatic carboxylic acids is 1. The largest absolute Gasteiger partial charge is 0.478 e. The van der Waals surface area contributed by atoms with Gasteiger partial charge >= 0.3 is 5.97 Å². The first-order valence-electron chi connectivity index (χ1n) is 10.8. The standard InChI is InChI=1S/C22H27N3O5S/c1-22(29-2)9-8-14-15(10-22)31-20(16(14)19-23-17(25-30-19)11-6-7-11)24-18(26)12-4-3-5-13(12)21(27)28/h11,18,24,26H,3-10H2,1-2H3,(H,27,28). The second kappa shape index (κ2) is 7.72. The van der Waals surface area contributed by atoms with Gasteiger partial charge in [0, 0.05) is 29.9 Å². The van der Waals surface area contributed by atoms with Crippen LogP contribution in [0.4, 0.5) is 5.00 Å². The SMILES string of the molecule is COC1(C)CCc2c(sc(NC(O)C3=C(C(=O)O)CCC3)c2-c2nc(C3CC3)no2)C1. The number of carbonyl (C=O) groups is 1. The van der Waals surface area contributed by atoms with Gasteiger partial charge in [-0.05, 0) is 63.0 Å². The third kappa shape index (κ3) is 3.79. The molecule has 1 saturated carbocycles. The van der Waals surface area contributed by atoms with E-state index in [1.165, 1.54) is 4.88 Å². The van der Waals surface area contributed by atoms with E-state index in [-0.39, 0.29) is 5.60 Å². The smallest absolute Gasteiger partial charge is 0.331 e. The fraction of sp³-hybridized carbons (Fsp3) is 0.591. The number of ether oxygens (including phenoxy) is 1. The number of nitrogens with one attached hydrogen (secondary N) is 1. The van der Waals surface area contributed by atoms with Crippen molar-refractivity contribution < 1.29 is 24.3 Å². The number of hydrogen-bond donors (Lipinski definition) is 3. The van der Waals surface area contributed by atoms with Crippen LogP contribution in [0.1, 0.15) is 67.6 Å². The fourth-order valence-corrected chi connectivity index (χ4v) is 6.04. The van der Waals surface area contributed by atoms with Crippen LogP contribution in [0.5, 0.6) is 0 Å². The molecule has 8 nitrogen and oxygen atoms in total. The summed E-state index contributed by atoms with van der Waals surface area (Å²) >= 11 is 1.56. The molecule has 5 rings (SSSR count). The van der Waals surface area contributed by atoms with E-state index in [4.69, 9.17) is 9.26 Å². The minimum absolute atomic E-state index is 0.233. The highest BCUT2D eigenvalue weighted by atomic mass is 32.1. The van der Waals surface area contributed by atoms with Crippen molar-refractivity contribution in [1.82, 2.24) is 10.1 Å². The van der Waals surface area contributed by atoms with Crippen LogP contribution in [-0.2, 0) is 22.4 Å². The lowest BCUT2D eigenvalue weighted by Crippen LogP contribution is -2.33. The van der Waals surface area contributed by atoms with E-state index in [0.29, 0.717) is 35.8 Å². The molecule has 0 saturated heterocycles. The first kappa shape index (κ1) is 20.7. The lowest BCUT2D eigenvalue weighted by atomic mass is 9.84. The Morgan fingerprint density at radius 3 is 2.87 bits per heavy atom. The monoisotopic (exact) mass is 445 g/mol. The zero-order valence-corrected chi connectivity index (χ0v) is 18.5. The van der Waals surface area contributed by atoms with Gasteiger partial charge in [0.2, 0.25) is 0 Å². The number of rotatable bonds is 7. The molecule has 3 aliphatic rings. The molecular weight excluding hydrogens is 418 g/mol. The van der Waals surface area contributed by atoms with Crippen molar-refractivity contribution in [2.24, 2.45) is 0 Å². The number of methoxy groups -OCH3 is 1. The summed E-state index contributed by atoms with van der Waals surface area (Å²) in [6, 6.07) is 0. The van der Waals surface area contributed by atoms with E-state index < -0.39 is 12.2 Å². The minimum atomic E-state index is -1.06. The van der Waals surface area contributed by atoms with E-state index in [9.17, 15) is 15.0 Å². The van der Waals surface area contributed by atoms with Crippen molar-refractivity contribution in [2.75, 3.05) is 12.4 Å². The molecule has 0 spiro atoms. The van der Waals surface area contributed by atoms with Crippen molar-refractivity contribution >= 4 is 22.3 Å². The van der Waals surface area contributed by atoms with Gasteiger partial charge in [0.25, 0.3) is 5.89 Å². The van der Waals surface area contributed by atoms with Crippen molar-refractivity contribution in [3.05, 3.63) is 27.4 Å². The molecule has 0 radical (unpaired) electrons. The highest BCUT2D eigenvalue weighted by Crippen LogP contribution is 2.48. The Balaban J connectivity index is 1.53. The Hall–Kier alpha value is -2.23. The van der Waals surface area contributed by atoms with Crippen LogP contribution in [0.3, 0.4) is 0 Å². The van der Waals surface area contributed by atoms with Crippen LogP contribution in [0, 0.1) is 0 Å². The second-order valence-electron chi connectivity index (χ2n) is 8.98. The Kier molecular flexibility index (Phi) is 5.15. The third-order valence-electron chi connectivity index (χ3n) is 6.74. The van der Waals surface area contributed by atoms with Crippen LogP contribution < -0.4 is 5.32 Å². The fourth-order valence-electron chi connectivity index (χ4n) is 4.61. The topological polar surface area (TPSA) is 118 Å². The molecule has 0 amide bonds. The van der Waals surface area contributed by atoms with Crippen molar-refractivity contribution in [2.45, 2.75) is 76.0 Å². The summed E-state index contributed by atoms with van der Waals surface area (Å²) in [6.07, 6.45) is 5.36. The molecule has 2 aromatic rings. The van der Waals surface area contributed by atoms with Crippen LogP contribution in [0.15, 0.2) is 15.7 Å². The quantitative estimate of drug-likeness (QED) is 0.550. The molecule has 0 bridgehead atoms. The number of aliphatic hydroxyl groups excluding tert-OH is 1. The number of fused-ring (bicyclic) bond motifs is 1. The highest BCUT2D eigenvalue weighted by molar-refractivity contribution is 7.17. The maximum Gasteiger partial charge on any atom is 0.331 e. The van der Waals surface area contributed by atoms with E-state index in [1.807, 2.05) is 0 Å². The van der Waals surface area contributed by atoms with Crippen molar-refractivity contribution in [3.63, 3.8) is 0 Å². The number of anilines is 1. The van der Waals surface area contributed by atoms with Gasteiger partial charge in [0.15, 0.2) is 5.82 Å². The van der Waals surface area contributed by atoms with Gasteiger partial charge in [-0.3, -0.25) is 0 Å². The van der Waals surface area contributed by atoms with Gasteiger partial charge in [-0.2, -0.15) is 4.98 Å². The number of hydrogen-bond acceptors (Lipinski definition) is 8. The predicted octanol–water partition coefficient (Wildman–Crippen LogP) is 3.86. The van der Waals surface area contributed by atoms with E-state index in [1.54, 1.807) is 18.4 Å². The lowest BCUT2D eigenvalue weighted by molar-refractivity contribution is -0.132. The Morgan fingerprint density at radius 1 is 1.35 bits per heavy atom. The molecule has 2 heterocycles. The van der Waals surface area contributed by atoms with Gasteiger partial charge in [0.1, 0.15) is 11.2 Å². The Bertz CT molecular complexity index is 1050. The Morgan fingerprint density at radius 2 is 2.16 bits per heavy atom. The van der Waals surface area contributed by atoms with Crippen LogP contribution in [-0.4, -0.2) is 45.3 Å². The number of carboxylic acids is 1. The third-order valence-corrected chi connectivity index (χ3v) is 7.90. The maximum atomic E-state index is 11.6. The second-order valence-corrected chi connectivity index (χ2v) is 10.1. The molecule has 2 atom stereocenters. The number of aliphatic hydroxyl groups is 1. The molecule has 166 valence electrons. The first-order valence-corrected chi connectivity index (χ1v) is 11.6. The van der Waals surface area contributed by atoms with Crippen molar-refractivity contribution in [1.29, 1.82) is 0 Å².